The normalized spacial score (nSPS) is 22.1. The first kappa shape index (κ1) is 17.0. The third-order valence-electron chi connectivity index (χ3n) is 6.57. The number of nitrogens with zero attached hydrogens (tertiary/aromatic N) is 3. The number of carbonyl (C=O) groups excluding carboxylic acids is 1. The number of likely N-dealkylation sites (tertiary alicyclic amines) is 1. The quantitative estimate of drug-likeness (QED) is 0.909. The molecule has 2 aliphatic carbocycles. The van der Waals surface area contributed by atoms with Gasteiger partial charge in [0.2, 0.25) is 0 Å². The Kier molecular flexibility index (Phi) is 4.27. The van der Waals surface area contributed by atoms with Gasteiger partial charge < -0.3 is 10.2 Å². The van der Waals surface area contributed by atoms with Crippen molar-refractivity contribution in [2.45, 2.75) is 57.0 Å². The van der Waals surface area contributed by atoms with E-state index in [0.717, 1.165) is 58.0 Å². The third kappa shape index (κ3) is 3.08. The molecule has 1 amide bonds. The molecule has 1 atom stereocenters. The zero-order valence-corrected chi connectivity index (χ0v) is 16.1. The number of rotatable bonds is 3. The summed E-state index contributed by atoms with van der Waals surface area (Å²) in [6.45, 7) is 1.76. The highest BCUT2D eigenvalue weighted by Gasteiger charge is 2.32. The number of nitrogens with one attached hydrogen (secondary N) is 1. The fraction of sp³-hybridized carbons (Fsp3) is 0.545. The van der Waals surface area contributed by atoms with Crippen LogP contribution in [-0.2, 0) is 32.7 Å². The highest BCUT2D eigenvalue weighted by atomic mass is 16.2. The van der Waals surface area contributed by atoms with Crippen molar-refractivity contribution in [3.63, 3.8) is 0 Å². The van der Waals surface area contributed by atoms with Crippen LogP contribution in [0.2, 0.25) is 0 Å². The Morgan fingerprint density at radius 2 is 1.78 bits per heavy atom. The number of amides is 1. The number of benzene rings is 1. The van der Waals surface area contributed by atoms with Crippen LogP contribution in [0.25, 0.3) is 0 Å². The molecule has 5 nitrogen and oxygen atoms in total. The first-order valence-electron chi connectivity index (χ1n) is 10.4. The van der Waals surface area contributed by atoms with Crippen molar-refractivity contribution in [1.29, 1.82) is 0 Å². The molecule has 1 N–H and O–H groups in total. The molecule has 0 bridgehead atoms. The predicted molar refractivity (Wildman–Crippen MR) is 105 cm³/mol. The molecule has 2 heterocycles. The van der Waals surface area contributed by atoms with Crippen molar-refractivity contribution in [3.05, 3.63) is 52.3 Å². The average Bonchev–Trinajstić information content (AvgIpc) is 3.40. The summed E-state index contributed by atoms with van der Waals surface area (Å²) in [5.41, 5.74) is 6.12. The number of aromatic nitrogens is 2. The van der Waals surface area contributed by atoms with Gasteiger partial charge in [-0.1, -0.05) is 24.3 Å². The van der Waals surface area contributed by atoms with E-state index >= 15 is 0 Å². The summed E-state index contributed by atoms with van der Waals surface area (Å²) in [6, 6.07) is 9.74. The molecule has 5 rings (SSSR count). The lowest BCUT2D eigenvalue weighted by Gasteiger charge is -2.27. The third-order valence-corrected chi connectivity index (χ3v) is 6.57. The minimum atomic E-state index is 0.137. The number of aryl methyl sites for hydroxylation is 1. The number of hydrogen-bond acceptors (Lipinski definition) is 3. The van der Waals surface area contributed by atoms with Crippen molar-refractivity contribution in [2.24, 2.45) is 7.05 Å². The Bertz CT molecular complexity index is 840. The molecule has 2 aromatic rings. The van der Waals surface area contributed by atoms with E-state index in [2.05, 4.69) is 34.7 Å². The minimum absolute atomic E-state index is 0.137. The van der Waals surface area contributed by atoms with Gasteiger partial charge in [0.15, 0.2) is 5.69 Å². The van der Waals surface area contributed by atoms with Gasteiger partial charge in [-0.15, -0.1) is 0 Å². The average molecular weight is 364 g/mol. The van der Waals surface area contributed by atoms with E-state index < -0.39 is 0 Å². The summed E-state index contributed by atoms with van der Waals surface area (Å²) in [5, 5.41) is 8.52. The van der Waals surface area contributed by atoms with Gasteiger partial charge in [0.05, 0.1) is 0 Å². The first-order chi connectivity index (χ1) is 13.2. The van der Waals surface area contributed by atoms with Crippen molar-refractivity contribution in [3.8, 4) is 0 Å². The van der Waals surface area contributed by atoms with Crippen LogP contribution < -0.4 is 5.32 Å². The van der Waals surface area contributed by atoms with Crippen molar-refractivity contribution < 1.29 is 4.79 Å². The maximum Gasteiger partial charge on any atom is 0.274 e. The van der Waals surface area contributed by atoms with E-state index in [-0.39, 0.29) is 5.91 Å². The molecular weight excluding hydrogens is 336 g/mol. The van der Waals surface area contributed by atoms with Gasteiger partial charge in [-0.2, -0.15) is 5.10 Å². The molecule has 1 saturated heterocycles. The van der Waals surface area contributed by atoms with E-state index in [0.29, 0.717) is 17.8 Å². The number of fused-ring (bicyclic) bond motifs is 2. The number of hydrogen-bond donors (Lipinski definition) is 1. The molecule has 27 heavy (non-hydrogen) atoms. The molecule has 1 aliphatic heterocycles. The molecule has 0 spiro atoms. The Balaban J connectivity index is 1.31. The van der Waals surface area contributed by atoms with Crippen molar-refractivity contribution >= 4 is 5.91 Å². The van der Waals surface area contributed by atoms with Crippen LogP contribution in [-0.4, -0.2) is 45.8 Å². The van der Waals surface area contributed by atoms with Crippen LogP contribution in [0.3, 0.4) is 0 Å². The van der Waals surface area contributed by atoms with Crippen LogP contribution in [0.4, 0.5) is 0 Å². The van der Waals surface area contributed by atoms with E-state index in [1.165, 1.54) is 22.4 Å². The molecule has 0 saturated carbocycles. The zero-order valence-electron chi connectivity index (χ0n) is 16.1. The molecule has 3 aliphatic rings. The maximum absolute atomic E-state index is 13.0. The lowest BCUT2D eigenvalue weighted by Crippen LogP contribution is -2.42. The van der Waals surface area contributed by atoms with E-state index in [9.17, 15) is 4.79 Å². The fourth-order valence-corrected chi connectivity index (χ4v) is 5.18. The summed E-state index contributed by atoms with van der Waals surface area (Å²) in [5.74, 6) is 0.137. The zero-order chi connectivity index (χ0) is 18.4. The van der Waals surface area contributed by atoms with E-state index in [1.54, 1.807) is 0 Å². The molecule has 0 radical (unpaired) electrons. The Morgan fingerprint density at radius 3 is 2.48 bits per heavy atom. The van der Waals surface area contributed by atoms with Crippen LogP contribution in [0, 0.1) is 0 Å². The van der Waals surface area contributed by atoms with Gasteiger partial charge in [0.25, 0.3) is 5.91 Å². The van der Waals surface area contributed by atoms with Gasteiger partial charge >= 0.3 is 0 Å². The molecular formula is C22H28N4O. The lowest BCUT2D eigenvalue weighted by atomic mass is 9.90. The largest absolute Gasteiger partial charge is 0.337 e. The molecule has 1 unspecified atom stereocenters. The summed E-state index contributed by atoms with van der Waals surface area (Å²) < 4.78 is 1.94. The Labute approximate surface area is 160 Å². The summed E-state index contributed by atoms with van der Waals surface area (Å²) in [4.78, 5) is 14.9. The van der Waals surface area contributed by atoms with Crippen LogP contribution >= 0.6 is 0 Å². The lowest BCUT2D eigenvalue weighted by molar-refractivity contribution is 0.0785. The van der Waals surface area contributed by atoms with Crippen LogP contribution in [0.1, 0.15) is 52.1 Å². The Morgan fingerprint density at radius 1 is 1.07 bits per heavy atom. The SMILES string of the molecule is Cn1nc(C(=O)N2CCCC2)c2c1CCC(NC1Cc3ccccc3C1)C2. The molecule has 1 aromatic carbocycles. The van der Waals surface area contributed by atoms with Gasteiger partial charge in [0.1, 0.15) is 0 Å². The number of carbonyl (C=O) groups is 1. The van der Waals surface area contributed by atoms with Gasteiger partial charge in [0, 0.05) is 43.5 Å². The monoisotopic (exact) mass is 364 g/mol. The van der Waals surface area contributed by atoms with E-state index in [4.69, 9.17) is 0 Å². The van der Waals surface area contributed by atoms with Gasteiger partial charge in [-0.25, -0.2) is 0 Å². The van der Waals surface area contributed by atoms with Crippen LogP contribution in [0.15, 0.2) is 24.3 Å². The molecule has 1 aromatic heterocycles. The second-order valence-corrected chi connectivity index (χ2v) is 8.38. The highest BCUT2D eigenvalue weighted by molar-refractivity contribution is 5.94. The smallest absolute Gasteiger partial charge is 0.274 e. The summed E-state index contributed by atoms with van der Waals surface area (Å²) in [7, 11) is 1.99. The summed E-state index contributed by atoms with van der Waals surface area (Å²) >= 11 is 0. The summed E-state index contributed by atoms with van der Waals surface area (Å²) in [6.07, 6.45) is 7.52. The van der Waals surface area contributed by atoms with Gasteiger partial charge in [-0.05, 0) is 56.1 Å². The van der Waals surface area contributed by atoms with E-state index in [1.807, 2.05) is 16.6 Å². The first-order valence-corrected chi connectivity index (χ1v) is 10.4. The second kappa shape index (κ2) is 6.79. The minimum Gasteiger partial charge on any atom is -0.337 e. The predicted octanol–water partition coefficient (Wildman–Crippen LogP) is 2.27. The molecule has 1 fully saturated rings. The molecule has 142 valence electrons. The molecule has 5 heteroatoms. The van der Waals surface area contributed by atoms with Crippen molar-refractivity contribution in [1.82, 2.24) is 20.0 Å². The fourth-order valence-electron chi connectivity index (χ4n) is 5.18. The van der Waals surface area contributed by atoms with Gasteiger partial charge in [-0.3, -0.25) is 9.48 Å². The topological polar surface area (TPSA) is 50.2 Å². The standard InChI is InChI=1S/C22H28N4O/c1-25-20-9-8-17(23-18-12-15-6-2-3-7-16(15)13-18)14-19(20)21(24-25)22(27)26-10-4-5-11-26/h2-3,6-7,17-18,23H,4-5,8-14H2,1H3. The Hall–Kier alpha value is -2.14. The van der Waals surface area contributed by atoms with Crippen LogP contribution in [0.5, 0.6) is 0 Å². The maximum atomic E-state index is 13.0. The van der Waals surface area contributed by atoms with Crippen molar-refractivity contribution in [2.75, 3.05) is 13.1 Å². The highest BCUT2D eigenvalue weighted by Crippen LogP contribution is 2.28. The second-order valence-electron chi connectivity index (χ2n) is 8.38.